The van der Waals surface area contributed by atoms with Gasteiger partial charge in [-0.05, 0) is 36.6 Å². The standard InChI is InChI=1S/C24H23N3O4/c28-23(18-8-9-21-22(11-18)31-16-30-21)19-7-4-10-26(14-19)24(29)20-12-25-27(15-20)13-17-5-2-1-3-6-17/h1-3,5-6,8-9,11-12,15,19H,4,7,10,13-14,16H2/t19-/m0/s1. The predicted molar refractivity (Wildman–Crippen MR) is 113 cm³/mol. The molecule has 2 aromatic carbocycles. The Bertz CT molecular complexity index is 1110. The van der Waals surface area contributed by atoms with E-state index in [0.717, 1.165) is 18.4 Å². The minimum absolute atomic E-state index is 0.0376. The van der Waals surface area contributed by atoms with Crippen molar-refractivity contribution in [3.63, 3.8) is 0 Å². The van der Waals surface area contributed by atoms with Gasteiger partial charge in [-0.15, -0.1) is 0 Å². The fraction of sp³-hybridized carbons (Fsp3) is 0.292. The number of amides is 1. The van der Waals surface area contributed by atoms with E-state index in [-0.39, 0.29) is 24.4 Å². The van der Waals surface area contributed by atoms with Crippen LogP contribution in [-0.4, -0.2) is 46.3 Å². The molecule has 0 spiro atoms. The molecule has 2 aliphatic heterocycles. The number of benzene rings is 2. The largest absolute Gasteiger partial charge is 0.454 e. The smallest absolute Gasteiger partial charge is 0.257 e. The second-order valence-corrected chi connectivity index (χ2v) is 7.93. The predicted octanol–water partition coefficient (Wildman–Crippen LogP) is 3.40. The van der Waals surface area contributed by atoms with Gasteiger partial charge in [-0.25, -0.2) is 0 Å². The highest BCUT2D eigenvalue weighted by Gasteiger charge is 2.30. The molecule has 1 fully saturated rings. The number of ether oxygens (including phenoxy) is 2. The number of hydrogen-bond acceptors (Lipinski definition) is 5. The van der Waals surface area contributed by atoms with Crippen molar-refractivity contribution in [1.82, 2.24) is 14.7 Å². The number of Topliss-reactive ketones (excluding diaryl/α,β-unsaturated/α-hetero) is 1. The molecule has 3 aromatic rings. The quantitative estimate of drug-likeness (QED) is 0.595. The first-order chi connectivity index (χ1) is 15.2. The molecular formula is C24H23N3O4. The summed E-state index contributed by atoms with van der Waals surface area (Å²) in [5.74, 6) is 0.987. The molecule has 7 nitrogen and oxygen atoms in total. The summed E-state index contributed by atoms with van der Waals surface area (Å²) < 4.78 is 12.5. The van der Waals surface area contributed by atoms with Gasteiger partial charge in [0.2, 0.25) is 6.79 Å². The van der Waals surface area contributed by atoms with Crippen molar-refractivity contribution >= 4 is 11.7 Å². The van der Waals surface area contributed by atoms with Crippen molar-refractivity contribution in [2.45, 2.75) is 19.4 Å². The Morgan fingerprint density at radius 3 is 2.74 bits per heavy atom. The average Bonchev–Trinajstić information content (AvgIpc) is 3.48. The Morgan fingerprint density at radius 1 is 1.03 bits per heavy atom. The van der Waals surface area contributed by atoms with Crippen molar-refractivity contribution in [3.05, 3.63) is 77.6 Å². The summed E-state index contributed by atoms with van der Waals surface area (Å²) in [5.41, 5.74) is 2.27. The molecule has 0 N–H and O–H groups in total. The fourth-order valence-corrected chi connectivity index (χ4v) is 4.17. The van der Waals surface area contributed by atoms with E-state index < -0.39 is 0 Å². The molecule has 31 heavy (non-hydrogen) atoms. The zero-order valence-corrected chi connectivity index (χ0v) is 17.1. The third kappa shape index (κ3) is 4.03. The van der Waals surface area contributed by atoms with Crippen LogP contribution in [0.25, 0.3) is 0 Å². The lowest BCUT2D eigenvalue weighted by Crippen LogP contribution is -2.42. The highest BCUT2D eigenvalue weighted by molar-refractivity contribution is 5.99. The Labute approximate surface area is 180 Å². The van der Waals surface area contributed by atoms with Gasteiger partial charge in [0.25, 0.3) is 5.91 Å². The summed E-state index contributed by atoms with van der Waals surface area (Å²) in [6.45, 7) is 1.85. The minimum Gasteiger partial charge on any atom is -0.454 e. The molecule has 0 radical (unpaired) electrons. The lowest BCUT2D eigenvalue weighted by molar-refractivity contribution is 0.0636. The van der Waals surface area contributed by atoms with Crippen LogP contribution in [0, 0.1) is 5.92 Å². The van der Waals surface area contributed by atoms with Gasteiger partial charge in [-0.2, -0.15) is 5.10 Å². The van der Waals surface area contributed by atoms with Crippen LogP contribution < -0.4 is 9.47 Å². The number of piperidine rings is 1. The molecule has 0 aliphatic carbocycles. The normalized spacial score (nSPS) is 17.5. The molecule has 1 saturated heterocycles. The van der Waals surface area contributed by atoms with Crippen LogP contribution in [0.2, 0.25) is 0 Å². The van der Waals surface area contributed by atoms with Crippen molar-refractivity contribution in [2.24, 2.45) is 5.92 Å². The van der Waals surface area contributed by atoms with Gasteiger partial charge in [0.05, 0.1) is 18.3 Å². The molecule has 2 aliphatic rings. The maximum Gasteiger partial charge on any atom is 0.257 e. The lowest BCUT2D eigenvalue weighted by atomic mass is 9.89. The third-order valence-corrected chi connectivity index (χ3v) is 5.80. The second-order valence-electron chi connectivity index (χ2n) is 7.93. The highest BCUT2D eigenvalue weighted by atomic mass is 16.7. The Balaban J connectivity index is 1.26. The molecule has 3 heterocycles. The average molecular weight is 417 g/mol. The lowest BCUT2D eigenvalue weighted by Gasteiger charge is -2.31. The maximum atomic E-state index is 13.1. The van der Waals surface area contributed by atoms with Crippen LogP contribution in [0.1, 0.15) is 39.1 Å². The Morgan fingerprint density at radius 2 is 1.87 bits per heavy atom. The summed E-state index contributed by atoms with van der Waals surface area (Å²) in [7, 11) is 0. The Hall–Kier alpha value is -3.61. The molecule has 0 saturated carbocycles. The van der Waals surface area contributed by atoms with Gasteiger partial charge in [0.15, 0.2) is 17.3 Å². The number of aromatic nitrogens is 2. The maximum absolute atomic E-state index is 13.1. The van der Waals surface area contributed by atoms with Crippen LogP contribution in [0.15, 0.2) is 60.9 Å². The zero-order valence-electron chi connectivity index (χ0n) is 17.1. The first-order valence-corrected chi connectivity index (χ1v) is 10.5. The van der Waals surface area contributed by atoms with Crippen LogP contribution >= 0.6 is 0 Å². The summed E-state index contributed by atoms with van der Waals surface area (Å²) >= 11 is 0. The van der Waals surface area contributed by atoms with E-state index in [2.05, 4.69) is 5.10 Å². The van der Waals surface area contributed by atoms with E-state index in [0.29, 0.717) is 42.3 Å². The van der Waals surface area contributed by atoms with E-state index >= 15 is 0 Å². The monoisotopic (exact) mass is 417 g/mol. The van der Waals surface area contributed by atoms with Gasteiger partial charge in [0.1, 0.15) is 0 Å². The van der Waals surface area contributed by atoms with E-state index in [1.165, 1.54) is 0 Å². The third-order valence-electron chi connectivity index (χ3n) is 5.80. The first kappa shape index (κ1) is 19.4. The minimum atomic E-state index is -0.225. The molecule has 0 bridgehead atoms. The van der Waals surface area contributed by atoms with Gasteiger partial charge < -0.3 is 14.4 Å². The van der Waals surface area contributed by atoms with E-state index in [1.54, 1.807) is 40.2 Å². The second kappa shape index (κ2) is 8.26. The zero-order chi connectivity index (χ0) is 21.2. The molecule has 1 amide bonds. The van der Waals surface area contributed by atoms with E-state index in [1.807, 2.05) is 30.3 Å². The van der Waals surface area contributed by atoms with Crippen molar-refractivity contribution < 1.29 is 19.1 Å². The number of ketones is 1. The number of fused-ring (bicyclic) bond motifs is 1. The van der Waals surface area contributed by atoms with Crippen LogP contribution in [0.3, 0.4) is 0 Å². The SMILES string of the molecule is O=C(c1ccc2c(c1)OCO2)[C@H]1CCCN(C(=O)c2cnn(Cc3ccccc3)c2)C1. The van der Waals surface area contributed by atoms with Crippen LogP contribution in [0.5, 0.6) is 11.5 Å². The Kier molecular flexibility index (Phi) is 5.16. The van der Waals surface area contributed by atoms with Gasteiger partial charge in [-0.1, -0.05) is 30.3 Å². The molecule has 5 rings (SSSR count). The van der Waals surface area contributed by atoms with Gasteiger partial charge >= 0.3 is 0 Å². The van der Waals surface area contributed by atoms with Crippen LogP contribution in [-0.2, 0) is 6.54 Å². The van der Waals surface area contributed by atoms with E-state index in [4.69, 9.17) is 9.47 Å². The number of rotatable bonds is 5. The first-order valence-electron chi connectivity index (χ1n) is 10.5. The molecule has 0 unspecified atom stereocenters. The number of hydrogen-bond donors (Lipinski definition) is 0. The number of carbonyl (C=O) groups is 2. The topological polar surface area (TPSA) is 73.7 Å². The highest BCUT2D eigenvalue weighted by Crippen LogP contribution is 2.34. The molecular weight excluding hydrogens is 394 g/mol. The fourth-order valence-electron chi connectivity index (χ4n) is 4.17. The number of nitrogens with zero attached hydrogens (tertiary/aromatic N) is 3. The molecule has 7 heteroatoms. The van der Waals surface area contributed by atoms with Crippen LogP contribution in [0.4, 0.5) is 0 Å². The summed E-state index contributed by atoms with van der Waals surface area (Å²) in [5, 5.41) is 4.34. The molecule has 158 valence electrons. The summed E-state index contributed by atoms with van der Waals surface area (Å²) in [6, 6.07) is 15.3. The molecule has 1 atom stereocenters. The van der Waals surface area contributed by atoms with Crippen molar-refractivity contribution in [3.8, 4) is 11.5 Å². The van der Waals surface area contributed by atoms with Crippen molar-refractivity contribution in [1.29, 1.82) is 0 Å². The van der Waals surface area contributed by atoms with Gasteiger partial charge in [0, 0.05) is 30.8 Å². The van der Waals surface area contributed by atoms with E-state index in [9.17, 15) is 9.59 Å². The number of likely N-dealkylation sites (tertiary alicyclic amines) is 1. The number of carbonyl (C=O) groups excluding carboxylic acids is 2. The summed E-state index contributed by atoms with van der Waals surface area (Å²) in [4.78, 5) is 27.9. The van der Waals surface area contributed by atoms with Gasteiger partial charge in [-0.3, -0.25) is 14.3 Å². The molecule has 1 aromatic heterocycles. The summed E-state index contributed by atoms with van der Waals surface area (Å²) in [6.07, 6.45) is 4.95. The van der Waals surface area contributed by atoms with Crippen molar-refractivity contribution in [2.75, 3.05) is 19.9 Å².